The summed E-state index contributed by atoms with van der Waals surface area (Å²) in [6.07, 6.45) is 3.46. The second kappa shape index (κ2) is 5.63. The molecule has 0 bridgehead atoms. The topological polar surface area (TPSA) is 81.1 Å². The van der Waals surface area contributed by atoms with Crippen molar-refractivity contribution in [3.63, 3.8) is 0 Å². The van der Waals surface area contributed by atoms with Gasteiger partial charge in [0, 0.05) is 5.56 Å². The summed E-state index contributed by atoms with van der Waals surface area (Å²) in [4.78, 5) is 4.62. The van der Waals surface area contributed by atoms with Gasteiger partial charge in [0.25, 0.3) is 0 Å². The number of aryl methyl sites for hydroxylation is 2. The first-order valence-corrected chi connectivity index (χ1v) is 8.56. The Bertz CT molecular complexity index is 1320. The molecule has 0 aliphatic carbocycles. The van der Waals surface area contributed by atoms with Gasteiger partial charge < -0.3 is 5.11 Å². The van der Waals surface area contributed by atoms with E-state index in [1.165, 1.54) is 0 Å². The van der Waals surface area contributed by atoms with Crippen LogP contribution in [0.25, 0.3) is 33.8 Å². The SMILES string of the molecule is Cc1ccc(C)c(-n2ncc3c2ncn2c(-c4cccc(O)c4)nnc32)c1. The molecule has 0 saturated heterocycles. The Balaban J connectivity index is 1.74. The van der Waals surface area contributed by atoms with Gasteiger partial charge in [-0.15, -0.1) is 10.2 Å². The molecule has 5 aromatic rings. The summed E-state index contributed by atoms with van der Waals surface area (Å²) >= 11 is 0. The Kier molecular flexibility index (Phi) is 3.24. The molecule has 0 fully saturated rings. The predicted molar refractivity (Wildman–Crippen MR) is 102 cm³/mol. The highest BCUT2D eigenvalue weighted by Gasteiger charge is 2.16. The van der Waals surface area contributed by atoms with E-state index in [9.17, 15) is 5.11 Å². The number of hydrogen-bond acceptors (Lipinski definition) is 5. The first kappa shape index (κ1) is 15.5. The summed E-state index contributed by atoms with van der Waals surface area (Å²) in [7, 11) is 0. The summed E-state index contributed by atoms with van der Waals surface area (Å²) in [5.41, 5.74) is 5.45. The zero-order valence-electron chi connectivity index (χ0n) is 14.8. The van der Waals surface area contributed by atoms with Gasteiger partial charge in [0.15, 0.2) is 17.1 Å². The van der Waals surface area contributed by atoms with Crippen LogP contribution in [-0.2, 0) is 0 Å². The Morgan fingerprint density at radius 1 is 0.963 bits per heavy atom. The highest BCUT2D eigenvalue weighted by molar-refractivity contribution is 5.90. The normalized spacial score (nSPS) is 11.5. The van der Waals surface area contributed by atoms with Crippen molar-refractivity contribution >= 4 is 16.7 Å². The number of rotatable bonds is 2. The molecule has 7 nitrogen and oxygen atoms in total. The quantitative estimate of drug-likeness (QED) is 0.524. The molecule has 2 aromatic carbocycles. The molecule has 5 rings (SSSR count). The molecule has 0 amide bonds. The fraction of sp³-hybridized carbons (Fsp3) is 0.100. The van der Waals surface area contributed by atoms with Gasteiger partial charge >= 0.3 is 0 Å². The molecular formula is C20H16N6O. The first-order valence-electron chi connectivity index (χ1n) is 8.56. The maximum Gasteiger partial charge on any atom is 0.175 e. The van der Waals surface area contributed by atoms with Crippen molar-refractivity contribution in [1.29, 1.82) is 0 Å². The molecular weight excluding hydrogens is 340 g/mol. The van der Waals surface area contributed by atoms with Gasteiger partial charge in [0.2, 0.25) is 0 Å². The highest BCUT2D eigenvalue weighted by atomic mass is 16.3. The number of fused-ring (bicyclic) bond motifs is 3. The van der Waals surface area contributed by atoms with Gasteiger partial charge in [-0.3, -0.25) is 4.40 Å². The average Bonchev–Trinajstić information content (AvgIpc) is 3.27. The van der Waals surface area contributed by atoms with Crippen molar-refractivity contribution in [3.8, 4) is 22.8 Å². The summed E-state index contributed by atoms with van der Waals surface area (Å²) < 4.78 is 3.65. The second-order valence-corrected chi connectivity index (χ2v) is 6.60. The summed E-state index contributed by atoms with van der Waals surface area (Å²) in [6.45, 7) is 4.11. The van der Waals surface area contributed by atoms with Crippen LogP contribution in [0.15, 0.2) is 55.0 Å². The van der Waals surface area contributed by atoms with Crippen LogP contribution in [0.5, 0.6) is 5.75 Å². The average molecular weight is 356 g/mol. The van der Waals surface area contributed by atoms with Crippen molar-refractivity contribution in [2.45, 2.75) is 13.8 Å². The van der Waals surface area contributed by atoms with Crippen LogP contribution in [-0.4, -0.2) is 34.5 Å². The predicted octanol–water partition coefficient (Wildman–Crippen LogP) is 3.45. The highest BCUT2D eigenvalue weighted by Crippen LogP contribution is 2.26. The third-order valence-electron chi connectivity index (χ3n) is 4.67. The molecule has 7 heteroatoms. The molecule has 0 aliphatic rings. The van der Waals surface area contributed by atoms with Gasteiger partial charge in [-0.25, -0.2) is 9.67 Å². The molecule has 1 N–H and O–H groups in total. The Morgan fingerprint density at radius 2 is 1.85 bits per heavy atom. The maximum absolute atomic E-state index is 9.75. The van der Waals surface area contributed by atoms with Crippen LogP contribution in [0.1, 0.15) is 11.1 Å². The van der Waals surface area contributed by atoms with E-state index < -0.39 is 0 Å². The summed E-state index contributed by atoms with van der Waals surface area (Å²) in [5, 5.41) is 23.7. The van der Waals surface area contributed by atoms with E-state index in [-0.39, 0.29) is 5.75 Å². The van der Waals surface area contributed by atoms with Gasteiger partial charge in [-0.1, -0.05) is 24.3 Å². The molecule has 0 saturated carbocycles. The molecule has 0 atom stereocenters. The monoisotopic (exact) mass is 356 g/mol. The van der Waals surface area contributed by atoms with Gasteiger partial charge in [-0.2, -0.15) is 5.10 Å². The second-order valence-electron chi connectivity index (χ2n) is 6.60. The lowest BCUT2D eigenvalue weighted by atomic mass is 10.1. The van der Waals surface area contributed by atoms with Crippen LogP contribution in [0.2, 0.25) is 0 Å². The molecule has 0 radical (unpaired) electrons. The Hall–Kier alpha value is -3.74. The third-order valence-corrected chi connectivity index (χ3v) is 4.67. The number of phenols is 1. The minimum atomic E-state index is 0.182. The molecule has 0 unspecified atom stereocenters. The minimum absolute atomic E-state index is 0.182. The Morgan fingerprint density at radius 3 is 2.70 bits per heavy atom. The van der Waals surface area contributed by atoms with Crippen LogP contribution in [0.4, 0.5) is 0 Å². The third kappa shape index (κ3) is 2.36. The number of phenolic OH excluding ortho intramolecular Hbond substituents is 1. The van der Waals surface area contributed by atoms with Crippen LogP contribution >= 0.6 is 0 Å². The number of nitrogens with zero attached hydrogens (tertiary/aromatic N) is 6. The van der Waals surface area contributed by atoms with Crippen LogP contribution in [0.3, 0.4) is 0 Å². The molecule has 3 aromatic heterocycles. The van der Waals surface area contributed by atoms with Crippen molar-refractivity contribution < 1.29 is 5.11 Å². The van der Waals surface area contributed by atoms with Crippen molar-refractivity contribution in [1.82, 2.24) is 29.4 Å². The molecule has 3 heterocycles. The van der Waals surface area contributed by atoms with E-state index in [4.69, 9.17) is 0 Å². The van der Waals surface area contributed by atoms with Crippen LogP contribution in [0, 0.1) is 13.8 Å². The van der Waals surface area contributed by atoms with E-state index in [2.05, 4.69) is 52.3 Å². The molecule has 0 aliphatic heterocycles. The first-order chi connectivity index (χ1) is 13.1. The number of aromatic nitrogens is 6. The standard InChI is InChI=1S/C20H16N6O/c1-12-6-7-13(2)17(8-12)26-19-16(10-22-26)20-24-23-18(25(20)11-21-19)14-4-3-5-15(27)9-14/h3-11,27H,1-2H3. The molecule has 132 valence electrons. The lowest BCUT2D eigenvalue weighted by molar-refractivity contribution is 0.475. The van der Waals surface area contributed by atoms with E-state index in [0.29, 0.717) is 11.5 Å². The smallest absolute Gasteiger partial charge is 0.175 e. The van der Waals surface area contributed by atoms with E-state index in [1.54, 1.807) is 30.7 Å². The molecule has 27 heavy (non-hydrogen) atoms. The van der Waals surface area contributed by atoms with E-state index >= 15 is 0 Å². The summed E-state index contributed by atoms with van der Waals surface area (Å²) in [5.74, 6) is 0.802. The number of aromatic hydroxyl groups is 1. The fourth-order valence-corrected chi connectivity index (χ4v) is 3.29. The Labute approximate surface area is 154 Å². The van der Waals surface area contributed by atoms with E-state index in [0.717, 1.165) is 33.4 Å². The zero-order valence-corrected chi connectivity index (χ0v) is 14.8. The van der Waals surface area contributed by atoms with Crippen molar-refractivity contribution in [2.24, 2.45) is 0 Å². The van der Waals surface area contributed by atoms with E-state index in [1.807, 2.05) is 15.1 Å². The minimum Gasteiger partial charge on any atom is -0.508 e. The van der Waals surface area contributed by atoms with Gasteiger partial charge in [0.05, 0.1) is 17.3 Å². The fourth-order valence-electron chi connectivity index (χ4n) is 3.29. The maximum atomic E-state index is 9.75. The van der Waals surface area contributed by atoms with Gasteiger partial charge in [-0.05, 0) is 43.2 Å². The largest absolute Gasteiger partial charge is 0.508 e. The lowest BCUT2D eigenvalue weighted by Crippen LogP contribution is -2.01. The van der Waals surface area contributed by atoms with Crippen molar-refractivity contribution in [3.05, 3.63) is 66.1 Å². The summed E-state index contributed by atoms with van der Waals surface area (Å²) in [6, 6.07) is 13.2. The number of benzene rings is 2. The van der Waals surface area contributed by atoms with Crippen molar-refractivity contribution in [2.75, 3.05) is 0 Å². The molecule has 0 spiro atoms. The lowest BCUT2D eigenvalue weighted by Gasteiger charge is -2.08. The zero-order chi connectivity index (χ0) is 18.5. The van der Waals surface area contributed by atoms with Gasteiger partial charge in [0.1, 0.15) is 12.1 Å². The number of hydrogen-bond donors (Lipinski definition) is 1. The van der Waals surface area contributed by atoms with Crippen LogP contribution < -0.4 is 0 Å².